The highest BCUT2D eigenvalue weighted by Gasteiger charge is 2.41. The van der Waals surface area contributed by atoms with Crippen LogP contribution < -0.4 is 5.73 Å². The Balaban J connectivity index is 2.14. The number of guanidine groups is 1. The van der Waals surface area contributed by atoms with Crippen molar-refractivity contribution in [2.45, 2.75) is 31.7 Å². The standard InChI is InChI=1S/C10H19N3O/c1-2-13-9(11)12-8-10(13)4-3-6-14-7-5-10/h2-8H2,1H3,(H2,11,12). The van der Waals surface area contributed by atoms with E-state index in [0.717, 1.165) is 51.5 Å². The van der Waals surface area contributed by atoms with Crippen molar-refractivity contribution in [2.75, 3.05) is 26.3 Å². The molecule has 2 aliphatic rings. The number of ether oxygens (including phenoxy) is 1. The van der Waals surface area contributed by atoms with Crippen LogP contribution in [-0.2, 0) is 4.74 Å². The average Bonchev–Trinajstić information content (AvgIpc) is 2.39. The third-order valence-corrected chi connectivity index (χ3v) is 3.34. The molecule has 2 rings (SSSR count). The van der Waals surface area contributed by atoms with E-state index < -0.39 is 0 Å². The molecule has 0 saturated carbocycles. The van der Waals surface area contributed by atoms with Crippen LogP contribution in [0, 0.1) is 0 Å². The molecule has 2 heterocycles. The fourth-order valence-corrected chi connectivity index (χ4v) is 2.56. The number of nitrogens with two attached hydrogens (primary N) is 1. The number of rotatable bonds is 1. The van der Waals surface area contributed by atoms with E-state index >= 15 is 0 Å². The zero-order valence-electron chi connectivity index (χ0n) is 8.83. The van der Waals surface area contributed by atoms with Gasteiger partial charge in [-0.3, -0.25) is 4.99 Å². The second kappa shape index (κ2) is 3.77. The molecular weight excluding hydrogens is 178 g/mol. The minimum Gasteiger partial charge on any atom is -0.381 e. The minimum absolute atomic E-state index is 0.176. The summed E-state index contributed by atoms with van der Waals surface area (Å²) in [7, 11) is 0. The molecule has 1 spiro atoms. The normalized spacial score (nSPS) is 33.2. The number of nitrogens with zero attached hydrogens (tertiary/aromatic N) is 2. The molecule has 1 atom stereocenters. The summed E-state index contributed by atoms with van der Waals surface area (Å²) in [6, 6.07) is 0. The van der Waals surface area contributed by atoms with E-state index in [-0.39, 0.29) is 5.54 Å². The number of hydrogen-bond acceptors (Lipinski definition) is 4. The Bertz CT molecular complexity index is 232. The van der Waals surface area contributed by atoms with Gasteiger partial charge in [0.15, 0.2) is 5.96 Å². The summed E-state index contributed by atoms with van der Waals surface area (Å²) in [5.41, 5.74) is 6.06. The quantitative estimate of drug-likeness (QED) is 0.669. The molecule has 80 valence electrons. The van der Waals surface area contributed by atoms with Crippen molar-refractivity contribution in [1.29, 1.82) is 0 Å². The van der Waals surface area contributed by atoms with Crippen LogP contribution in [0.2, 0.25) is 0 Å². The molecule has 2 N–H and O–H groups in total. The molecule has 14 heavy (non-hydrogen) atoms. The fourth-order valence-electron chi connectivity index (χ4n) is 2.56. The van der Waals surface area contributed by atoms with Gasteiger partial charge < -0.3 is 15.4 Å². The predicted octanol–water partition coefficient (Wildman–Crippen LogP) is 0.576. The monoisotopic (exact) mass is 197 g/mol. The van der Waals surface area contributed by atoms with Crippen molar-refractivity contribution in [2.24, 2.45) is 10.7 Å². The molecule has 2 aliphatic heterocycles. The fraction of sp³-hybridized carbons (Fsp3) is 0.900. The van der Waals surface area contributed by atoms with Crippen molar-refractivity contribution in [3.05, 3.63) is 0 Å². The summed E-state index contributed by atoms with van der Waals surface area (Å²) in [4.78, 5) is 6.62. The average molecular weight is 197 g/mol. The summed E-state index contributed by atoms with van der Waals surface area (Å²) >= 11 is 0. The third-order valence-electron chi connectivity index (χ3n) is 3.34. The highest BCUT2D eigenvalue weighted by atomic mass is 16.5. The Kier molecular flexibility index (Phi) is 2.63. The van der Waals surface area contributed by atoms with Gasteiger partial charge in [-0.25, -0.2) is 0 Å². The minimum atomic E-state index is 0.176. The lowest BCUT2D eigenvalue weighted by atomic mass is 9.90. The number of aliphatic imine (C=N–C) groups is 1. The molecule has 0 aromatic carbocycles. The molecule has 0 aromatic rings. The van der Waals surface area contributed by atoms with Gasteiger partial charge in [0.1, 0.15) is 0 Å². The smallest absolute Gasteiger partial charge is 0.191 e. The summed E-state index contributed by atoms with van der Waals surface area (Å²) in [6.45, 7) is 5.69. The molecule has 1 unspecified atom stereocenters. The number of hydrogen-bond donors (Lipinski definition) is 1. The molecule has 4 heteroatoms. The molecule has 4 nitrogen and oxygen atoms in total. The molecule has 0 bridgehead atoms. The first-order valence-corrected chi connectivity index (χ1v) is 5.44. The Hall–Kier alpha value is -0.770. The van der Waals surface area contributed by atoms with Crippen LogP contribution in [0.3, 0.4) is 0 Å². The molecule has 0 aromatic heterocycles. The van der Waals surface area contributed by atoms with E-state index in [4.69, 9.17) is 10.5 Å². The van der Waals surface area contributed by atoms with Crippen molar-refractivity contribution in [3.8, 4) is 0 Å². The van der Waals surface area contributed by atoms with Crippen molar-refractivity contribution in [1.82, 2.24) is 4.90 Å². The lowest BCUT2D eigenvalue weighted by Crippen LogP contribution is -2.51. The van der Waals surface area contributed by atoms with Gasteiger partial charge in [0.2, 0.25) is 0 Å². The Morgan fingerprint density at radius 1 is 1.50 bits per heavy atom. The number of likely N-dealkylation sites (N-methyl/N-ethyl adjacent to an activating group) is 1. The van der Waals surface area contributed by atoms with Crippen LogP contribution in [0.15, 0.2) is 4.99 Å². The van der Waals surface area contributed by atoms with Crippen molar-refractivity contribution >= 4 is 5.96 Å². The summed E-state index contributed by atoms with van der Waals surface area (Å²) in [6.07, 6.45) is 3.34. The Morgan fingerprint density at radius 3 is 3.14 bits per heavy atom. The second-order valence-corrected chi connectivity index (χ2v) is 4.11. The van der Waals surface area contributed by atoms with Gasteiger partial charge in [-0.05, 0) is 26.2 Å². The van der Waals surface area contributed by atoms with Crippen LogP contribution >= 0.6 is 0 Å². The Labute approximate surface area is 85.1 Å². The molecule has 1 saturated heterocycles. The van der Waals surface area contributed by atoms with Gasteiger partial charge in [-0.1, -0.05) is 0 Å². The van der Waals surface area contributed by atoms with Gasteiger partial charge in [0.05, 0.1) is 12.1 Å². The van der Waals surface area contributed by atoms with Gasteiger partial charge in [-0.2, -0.15) is 0 Å². The molecule has 0 amide bonds. The highest BCUT2D eigenvalue weighted by molar-refractivity contribution is 5.81. The maximum atomic E-state index is 5.88. The highest BCUT2D eigenvalue weighted by Crippen LogP contribution is 2.31. The zero-order valence-corrected chi connectivity index (χ0v) is 8.83. The lowest BCUT2D eigenvalue weighted by Gasteiger charge is -2.37. The van der Waals surface area contributed by atoms with E-state index in [0.29, 0.717) is 0 Å². The molecular formula is C10H19N3O. The second-order valence-electron chi connectivity index (χ2n) is 4.11. The predicted molar refractivity (Wildman–Crippen MR) is 56.3 cm³/mol. The summed E-state index contributed by atoms with van der Waals surface area (Å²) in [5.74, 6) is 0.717. The van der Waals surface area contributed by atoms with Gasteiger partial charge in [0.25, 0.3) is 0 Å². The van der Waals surface area contributed by atoms with Crippen LogP contribution in [0.4, 0.5) is 0 Å². The first kappa shape index (κ1) is 9.77. The largest absolute Gasteiger partial charge is 0.381 e. The van der Waals surface area contributed by atoms with Crippen molar-refractivity contribution in [3.63, 3.8) is 0 Å². The lowest BCUT2D eigenvalue weighted by molar-refractivity contribution is 0.123. The maximum absolute atomic E-state index is 5.88. The van der Waals surface area contributed by atoms with Gasteiger partial charge >= 0.3 is 0 Å². The van der Waals surface area contributed by atoms with Crippen LogP contribution in [0.25, 0.3) is 0 Å². The first-order valence-electron chi connectivity index (χ1n) is 5.44. The molecule has 0 radical (unpaired) electrons. The topological polar surface area (TPSA) is 50.8 Å². The summed E-state index contributed by atoms with van der Waals surface area (Å²) < 4.78 is 5.49. The Morgan fingerprint density at radius 2 is 2.36 bits per heavy atom. The van der Waals surface area contributed by atoms with Gasteiger partial charge in [-0.15, -0.1) is 0 Å². The van der Waals surface area contributed by atoms with Gasteiger partial charge in [0, 0.05) is 19.8 Å². The van der Waals surface area contributed by atoms with E-state index in [1.807, 2.05) is 0 Å². The van der Waals surface area contributed by atoms with Crippen LogP contribution in [0.5, 0.6) is 0 Å². The third kappa shape index (κ3) is 1.47. The van der Waals surface area contributed by atoms with Crippen molar-refractivity contribution < 1.29 is 4.74 Å². The summed E-state index contributed by atoms with van der Waals surface area (Å²) in [5, 5.41) is 0. The van der Waals surface area contributed by atoms with E-state index in [9.17, 15) is 0 Å². The van der Waals surface area contributed by atoms with E-state index in [2.05, 4.69) is 16.8 Å². The zero-order chi connectivity index (χ0) is 10.0. The van der Waals surface area contributed by atoms with Crippen LogP contribution in [-0.4, -0.2) is 42.7 Å². The van der Waals surface area contributed by atoms with Crippen LogP contribution in [0.1, 0.15) is 26.2 Å². The maximum Gasteiger partial charge on any atom is 0.191 e. The first-order chi connectivity index (χ1) is 6.78. The SMILES string of the molecule is CCN1C(N)=NCC12CCCOCC2. The van der Waals surface area contributed by atoms with E-state index in [1.54, 1.807) is 0 Å². The molecule has 1 fully saturated rings. The molecule has 0 aliphatic carbocycles. The van der Waals surface area contributed by atoms with E-state index in [1.165, 1.54) is 0 Å².